The molecule has 1 fully saturated rings. The Hall–Kier alpha value is -0.920. The largest absolute Gasteiger partial charge is 0.416 e. The molecule has 21 heavy (non-hydrogen) atoms. The Morgan fingerprint density at radius 3 is 2.29 bits per heavy atom. The van der Waals surface area contributed by atoms with E-state index in [1.807, 2.05) is 0 Å². The normalized spacial score (nSPS) is 19.0. The molecule has 116 valence electrons. The number of rotatable bonds is 3. The molecule has 0 heterocycles. The van der Waals surface area contributed by atoms with E-state index in [-0.39, 0.29) is 29.5 Å². The van der Waals surface area contributed by atoms with Crippen molar-refractivity contribution in [1.29, 1.82) is 0 Å². The summed E-state index contributed by atoms with van der Waals surface area (Å²) in [7, 11) is 0. The van der Waals surface area contributed by atoms with Gasteiger partial charge in [-0.3, -0.25) is 4.79 Å². The van der Waals surface area contributed by atoms with Crippen LogP contribution in [0.4, 0.5) is 13.2 Å². The molecule has 8 heteroatoms. The maximum atomic E-state index is 13.2. The second kappa shape index (κ2) is 5.37. The van der Waals surface area contributed by atoms with Crippen LogP contribution in [0.15, 0.2) is 12.1 Å². The fourth-order valence-electron chi connectivity index (χ4n) is 2.57. The third-order valence-electron chi connectivity index (χ3n) is 3.87. The first-order valence-electron chi connectivity index (χ1n) is 6.13. The number of hydrogen-bond acceptors (Lipinski definition) is 2. The van der Waals surface area contributed by atoms with E-state index in [1.54, 1.807) is 0 Å². The van der Waals surface area contributed by atoms with Gasteiger partial charge >= 0.3 is 6.18 Å². The van der Waals surface area contributed by atoms with E-state index >= 15 is 0 Å². The van der Waals surface area contributed by atoms with Gasteiger partial charge in [0.1, 0.15) is 0 Å². The first kappa shape index (κ1) is 16.5. The molecule has 1 N–H and O–H groups in total. The summed E-state index contributed by atoms with van der Waals surface area (Å²) in [5.74, 6) is 0. The van der Waals surface area contributed by atoms with Crippen molar-refractivity contribution in [2.75, 3.05) is 0 Å². The van der Waals surface area contributed by atoms with Crippen LogP contribution in [0.2, 0.25) is 0 Å². The van der Waals surface area contributed by atoms with Crippen LogP contribution < -0.4 is 0 Å². The predicted octanol–water partition coefficient (Wildman–Crippen LogP) is 3.99. The van der Waals surface area contributed by atoms with E-state index in [4.69, 9.17) is 11.6 Å². The fraction of sp³-hybridized carbons (Fsp3) is 0.462. The zero-order valence-corrected chi connectivity index (χ0v) is 12.5. The molecule has 0 radical (unpaired) electrons. The lowest BCUT2D eigenvalue weighted by Gasteiger charge is -2.40. The number of alkyl halides is 3. The van der Waals surface area contributed by atoms with Crippen molar-refractivity contribution in [3.05, 3.63) is 34.4 Å². The minimum absolute atomic E-state index is 0.201. The van der Waals surface area contributed by atoms with E-state index in [2.05, 4.69) is 0 Å². The molecular formula is C13H12ClF3O3S. The summed E-state index contributed by atoms with van der Waals surface area (Å²) in [4.78, 5) is 11.2. The number of hydrogen-bond donors (Lipinski definition) is 1. The summed E-state index contributed by atoms with van der Waals surface area (Å²) in [6.45, 7) is 1.45. The van der Waals surface area contributed by atoms with Crippen molar-refractivity contribution in [3.8, 4) is 0 Å². The average Bonchev–Trinajstić information content (AvgIpc) is 2.24. The molecule has 1 aliphatic rings. The van der Waals surface area contributed by atoms with Crippen LogP contribution in [0, 0.1) is 6.92 Å². The van der Waals surface area contributed by atoms with Gasteiger partial charge in [-0.1, -0.05) is 6.07 Å². The van der Waals surface area contributed by atoms with Crippen LogP contribution in [0.3, 0.4) is 0 Å². The minimum atomic E-state index is -4.73. The van der Waals surface area contributed by atoms with Crippen LogP contribution in [-0.2, 0) is 22.0 Å². The van der Waals surface area contributed by atoms with E-state index in [0.29, 0.717) is 12.5 Å². The quantitative estimate of drug-likeness (QED) is 0.668. The molecule has 1 aromatic carbocycles. The Labute approximate surface area is 126 Å². The standard InChI is InChI=1S/C13H12ClF3O3S/c1-7-5-9(12(21(19)20)3-2-4-12)10(13(15,16)17)6-8(7)11(14)18/h5-6H,2-4H2,1H3,(H,19,20). The van der Waals surface area contributed by atoms with Crippen molar-refractivity contribution in [2.45, 2.75) is 37.1 Å². The SMILES string of the molecule is Cc1cc(C2(S(=O)O)CCC2)c(C(F)(F)F)cc1C(=O)Cl. The Morgan fingerprint density at radius 1 is 1.38 bits per heavy atom. The molecule has 1 aromatic rings. The monoisotopic (exact) mass is 340 g/mol. The minimum Gasteiger partial charge on any atom is -0.305 e. The van der Waals surface area contributed by atoms with Gasteiger partial charge in [-0.2, -0.15) is 13.2 Å². The van der Waals surface area contributed by atoms with Crippen LogP contribution in [0.5, 0.6) is 0 Å². The van der Waals surface area contributed by atoms with Crippen molar-refractivity contribution < 1.29 is 26.7 Å². The second-order valence-corrected chi connectivity index (χ2v) is 6.70. The van der Waals surface area contributed by atoms with Crippen molar-refractivity contribution in [3.63, 3.8) is 0 Å². The molecule has 0 saturated heterocycles. The number of carbonyl (C=O) groups excluding carboxylic acids is 1. The number of halogens is 4. The van der Waals surface area contributed by atoms with Crippen molar-refractivity contribution in [2.24, 2.45) is 0 Å². The van der Waals surface area contributed by atoms with E-state index in [9.17, 15) is 26.7 Å². The zero-order chi connectivity index (χ0) is 16.0. The maximum absolute atomic E-state index is 13.2. The topological polar surface area (TPSA) is 54.4 Å². The number of benzene rings is 1. The third-order valence-corrected chi connectivity index (χ3v) is 5.37. The summed E-state index contributed by atoms with van der Waals surface area (Å²) in [6, 6.07) is 1.83. The Bertz CT molecular complexity index is 624. The van der Waals surface area contributed by atoms with Gasteiger partial charge < -0.3 is 4.55 Å². The Balaban J connectivity index is 2.74. The molecule has 2 rings (SSSR count). The van der Waals surface area contributed by atoms with Gasteiger partial charge in [-0.25, -0.2) is 4.21 Å². The molecular weight excluding hydrogens is 329 g/mol. The van der Waals surface area contributed by atoms with Crippen molar-refractivity contribution in [1.82, 2.24) is 0 Å². The zero-order valence-electron chi connectivity index (χ0n) is 11.0. The number of carbonyl (C=O) groups is 1. The first-order valence-corrected chi connectivity index (χ1v) is 7.61. The Morgan fingerprint density at radius 2 is 1.95 bits per heavy atom. The Kier molecular flexibility index (Phi) is 4.21. The molecule has 1 unspecified atom stereocenters. The van der Waals surface area contributed by atoms with Crippen LogP contribution in [0.1, 0.15) is 46.3 Å². The maximum Gasteiger partial charge on any atom is 0.416 e. The summed E-state index contributed by atoms with van der Waals surface area (Å²) in [6.07, 6.45) is -3.75. The highest BCUT2D eigenvalue weighted by molar-refractivity contribution is 7.80. The van der Waals surface area contributed by atoms with E-state index in [0.717, 1.165) is 6.07 Å². The van der Waals surface area contributed by atoms with Gasteiger partial charge in [-0.05, 0) is 55.0 Å². The van der Waals surface area contributed by atoms with E-state index in [1.165, 1.54) is 6.92 Å². The van der Waals surface area contributed by atoms with Gasteiger partial charge in [0.25, 0.3) is 5.24 Å². The number of aryl methyl sites for hydroxylation is 1. The lowest BCUT2D eigenvalue weighted by molar-refractivity contribution is -0.138. The van der Waals surface area contributed by atoms with Crippen LogP contribution in [-0.4, -0.2) is 14.0 Å². The summed E-state index contributed by atoms with van der Waals surface area (Å²) in [5, 5.41) is -0.989. The van der Waals surface area contributed by atoms with Crippen LogP contribution >= 0.6 is 11.6 Å². The smallest absolute Gasteiger partial charge is 0.305 e. The molecule has 1 aliphatic carbocycles. The summed E-state index contributed by atoms with van der Waals surface area (Å²) >= 11 is 2.87. The second-order valence-electron chi connectivity index (χ2n) is 5.08. The van der Waals surface area contributed by atoms with Gasteiger partial charge in [-0.15, -0.1) is 0 Å². The molecule has 0 amide bonds. The van der Waals surface area contributed by atoms with Crippen molar-refractivity contribution >= 4 is 27.9 Å². The molecule has 0 aliphatic heterocycles. The summed E-state index contributed by atoms with van der Waals surface area (Å²) in [5.41, 5.74) is -1.29. The molecule has 1 saturated carbocycles. The van der Waals surface area contributed by atoms with Gasteiger partial charge in [0.05, 0.1) is 10.3 Å². The highest BCUT2D eigenvalue weighted by atomic mass is 35.5. The molecule has 1 atom stereocenters. The molecule has 3 nitrogen and oxygen atoms in total. The molecule has 0 aromatic heterocycles. The van der Waals surface area contributed by atoms with E-state index < -0.39 is 32.8 Å². The highest BCUT2D eigenvalue weighted by Gasteiger charge is 2.49. The molecule has 0 bridgehead atoms. The third kappa shape index (κ3) is 2.74. The first-order chi connectivity index (χ1) is 9.59. The van der Waals surface area contributed by atoms with Gasteiger partial charge in [0.2, 0.25) is 0 Å². The van der Waals surface area contributed by atoms with Gasteiger partial charge in [0, 0.05) is 5.56 Å². The highest BCUT2D eigenvalue weighted by Crippen LogP contribution is 2.50. The predicted molar refractivity (Wildman–Crippen MR) is 72.7 cm³/mol. The van der Waals surface area contributed by atoms with Gasteiger partial charge in [0.15, 0.2) is 11.1 Å². The lowest BCUT2D eigenvalue weighted by Crippen LogP contribution is -2.40. The average molecular weight is 341 g/mol. The van der Waals surface area contributed by atoms with Crippen LogP contribution in [0.25, 0.3) is 0 Å². The summed E-state index contributed by atoms with van der Waals surface area (Å²) < 4.78 is 59.3. The molecule has 0 spiro atoms. The lowest BCUT2D eigenvalue weighted by atomic mass is 9.76. The fourth-order valence-corrected chi connectivity index (χ4v) is 3.77.